The second-order valence-electron chi connectivity index (χ2n) is 2.48. The topological polar surface area (TPSA) is 79.2 Å². The van der Waals surface area contributed by atoms with Crippen LogP contribution >= 0.6 is 0 Å². The molecule has 0 spiro atoms. The summed E-state index contributed by atoms with van der Waals surface area (Å²) < 4.78 is 9.46. The molecule has 0 aromatic rings. The van der Waals surface area contributed by atoms with Crippen LogP contribution in [0.15, 0.2) is 0 Å². The molecule has 4 atom stereocenters. The van der Waals surface area contributed by atoms with Crippen LogP contribution in [0.4, 0.5) is 0 Å². The van der Waals surface area contributed by atoms with Gasteiger partial charge in [-0.25, -0.2) is 0 Å². The van der Waals surface area contributed by atoms with Crippen LogP contribution in [0.25, 0.3) is 0 Å². The van der Waals surface area contributed by atoms with Gasteiger partial charge in [-0.15, -0.1) is 0 Å². The summed E-state index contributed by atoms with van der Waals surface area (Å²) >= 11 is 0. The van der Waals surface area contributed by atoms with E-state index in [0.717, 1.165) is 0 Å². The zero-order valence-electron chi connectivity index (χ0n) is 6.17. The van der Waals surface area contributed by atoms with E-state index in [1.807, 2.05) is 0 Å². The van der Waals surface area contributed by atoms with Crippen molar-refractivity contribution in [3.05, 3.63) is 0 Å². The average Bonchev–Trinajstić information content (AvgIpc) is 2.01. The molecule has 0 aromatic carbocycles. The lowest BCUT2D eigenvalue weighted by Crippen LogP contribution is -2.53. The molecular formula is C6H12O5. The number of aliphatic hydroxyl groups excluding tert-OH is 3. The van der Waals surface area contributed by atoms with Crippen molar-refractivity contribution in [1.29, 1.82) is 0 Å². The molecule has 1 fully saturated rings. The molecule has 0 radical (unpaired) electrons. The minimum Gasteiger partial charge on any atom is -0.387 e. The molecule has 0 aromatic heterocycles. The van der Waals surface area contributed by atoms with Crippen molar-refractivity contribution in [2.75, 3.05) is 13.7 Å². The number of hydrogen-bond donors (Lipinski definition) is 3. The summed E-state index contributed by atoms with van der Waals surface area (Å²) in [6, 6.07) is 0. The van der Waals surface area contributed by atoms with Crippen molar-refractivity contribution < 1.29 is 24.8 Å². The van der Waals surface area contributed by atoms with E-state index in [9.17, 15) is 5.11 Å². The molecule has 1 aliphatic heterocycles. The third kappa shape index (κ3) is 1.69. The lowest BCUT2D eigenvalue weighted by molar-refractivity contribution is -0.256. The van der Waals surface area contributed by atoms with E-state index in [-0.39, 0.29) is 6.61 Å². The molecule has 5 heteroatoms. The van der Waals surface area contributed by atoms with Gasteiger partial charge in [0.15, 0.2) is 6.29 Å². The molecule has 0 unspecified atom stereocenters. The van der Waals surface area contributed by atoms with E-state index in [1.54, 1.807) is 0 Å². The zero-order chi connectivity index (χ0) is 8.43. The van der Waals surface area contributed by atoms with Gasteiger partial charge in [-0.2, -0.15) is 0 Å². The van der Waals surface area contributed by atoms with Crippen LogP contribution in [0.3, 0.4) is 0 Å². The molecule has 66 valence electrons. The van der Waals surface area contributed by atoms with Crippen LogP contribution in [0.5, 0.6) is 0 Å². The van der Waals surface area contributed by atoms with Gasteiger partial charge in [-0.05, 0) is 0 Å². The normalized spacial score (nSPS) is 45.8. The maximum absolute atomic E-state index is 9.19. The molecule has 1 saturated heterocycles. The molecule has 1 rings (SSSR count). The summed E-state index contributed by atoms with van der Waals surface area (Å²) in [6.45, 7) is 0.0931. The van der Waals surface area contributed by atoms with Gasteiger partial charge in [0.1, 0.15) is 18.3 Å². The molecule has 0 bridgehead atoms. The highest BCUT2D eigenvalue weighted by molar-refractivity contribution is 4.82. The highest BCUT2D eigenvalue weighted by Crippen LogP contribution is 2.15. The molecule has 0 saturated carbocycles. The smallest absolute Gasteiger partial charge is 0.183 e. The van der Waals surface area contributed by atoms with Crippen molar-refractivity contribution >= 4 is 0 Å². The van der Waals surface area contributed by atoms with E-state index in [0.29, 0.717) is 0 Å². The number of aliphatic hydroxyl groups is 3. The maximum atomic E-state index is 9.19. The van der Waals surface area contributed by atoms with Crippen molar-refractivity contribution in [2.45, 2.75) is 24.6 Å². The molecule has 1 aliphatic rings. The van der Waals surface area contributed by atoms with Gasteiger partial charge in [-0.3, -0.25) is 0 Å². The quantitative estimate of drug-likeness (QED) is 0.420. The van der Waals surface area contributed by atoms with Crippen molar-refractivity contribution in [2.24, 2.45) is 0 Å². The van der Waals surface area contributed by atoms with Gasteiger partial charge < -0.3 is 24.8 Å². The maximum Gasteiger partial charge on any atom is 0.183 e. The third-order valence-electron chi connectivity index (χ3n) is 1.76. The number of methoxy groups -OCH3 is 1. The first kappa shape index (κ1) is 8.89. The SMILES string of the molecule is CO[C@H]1CO[C@H](O)[C@H](O)[C@H]1O. The lowest BCUT2D eigenvalue weighted by atomic mass is 10.1. The summed E-state index contributed by atoms with van der Waals surface area (Å²) in [7, 11) is 1.40. The second-order valence-corrected chi connectivity index (χ2v) is 2.48. The summed E-state index contributed by atoms with van der Waals surface area (Å²) in [4.78, 5) is 0. The second kappa shape index (κ2) is 3.46. The lowest BCUT2D eigenvalue weighted by Gasteiger charge is -2.33. The van der Waals surface area contributed by atoms with E-state index in [1.165, 1.54) is 7.11 Å². The Bertz CT molecular complexity index is 126. The largest absolute Gasteiger partial charge is 0.387 e. The first-order valence-electron chi connectivity index (χ1n) is 3.35. The highest BCUT2D eigenvalue weighted by Gasteiger charge is 2.37. The number of rotatable bonds is 1. The fourth-order valence-corrected chi connectivity index (χ4v) is 0.987. The average molecular weight is 164 g/mol. The summed E-state index contributed by atoms with van der Waals surface area (Å²) in [5.74, 6) is 0. The van der Waals surface area contributed by atoms with Gasteiger partial charge in [-0.1, -0.05) is 0 Å². The van der Waals surface area contributed by atoms with Crippen LogP contribution in [0.2, 0.25) is 0 Å². The van der Waals surface area contributed by atoms with E-state index < -0.39 is 24.6 Å². The Labute approximate surface area is 64.2 Å². The van der Waals surface area contributed by atoms with Crippen molar-refractivity contribution in [1.82, 2.24) is 0 Å². The predicted octanol–water partition coefficient (Wildman–Crippen LogP) is -1.93. The Hall–Kier alpha value is -0.200. The summed E-state index contributed by atoms with van der Waals surface area (Å²) in [5.41, 5.74) is 0. The number of ether oxygens (including phenoxy) is 2. The first-order valence-corrected chi connectivity index (χ1v) is 3.35. The van der Waals surface area contributed by atoms with E-state index in [4.69, 9.17) is 14.9 Å². The zero-order valence-corrected chi connectivity index (χ0v) is 6.17. The molecular weight excluding hydrogens is 152 g/mol. The molecule has 5 nitrogen and oxygen atoms in total. The van der Waals surface area contributed by atoms with Crippen LogP contribution in [-0.4, -0.2) is 53.6 Å². The Kier molecular flexibility index (Phi) is 2.80. The Balaban J connectivity index is 2.52. The molecule has 11 heavy (non-hydrogen) atoms. The van der Waals surface area contributed by atoms with Gasteiger partial charge in [0.2, 0.25) is 0 Å². The Morgan fingerprint density at radius 1 is 1.27 bits per heavy atom. The minimum atomic E-state index is -1.31. The predicted molar refractivity (Wildman–Crippen MR) is 34.8 cm³/mol. The molecule has 0 amide bonds. The number of hydrogen-bond acceptors (Lipinski definition) is 5. The van der Waals surface area contributed by atoms with Crippen LogP contribution in [-0.2, 0) is 9.47 Å². The fraction of sp³-hybridized carbons (Fsp3) is 1.00. The van der Waals surface area contributed by atoms with Gasteiger partial charge in [0.05, 0.1) is 6.61 Å². The van der Waals surface area contributed by atoms with E-state index in [2.05, 4.69) is 4.74 Å². The van der Waals surface area contributed by atoms with Crippen LogP contribution in [0, 0.1) is 0 Å². The van der Waals surface area contributed by atoms with Gasteiger partial charge in [0.25, 0.3) is 0 Å². The monoisotopic (exact) mass is 164 g/mol. The standard InChI is InChI=1S/C6H12O5/c1-10-3-2-11-6(9)5(8)4(3)7/h3-9H,2H2,1H3/t3-,4-,5+,6-/m0/s1. The molecule has 0 aliphatic carbocycles. The van der Waals surface area contributed by atoms with E-state index >= 15 is 0 Å². The van der Waals surface area contributed by atoms with Gasteiger partial charge >= 0.3 is 0 Å². The molecule has 3 N–H and O–H groups in total. The Morgan fingerprint density at radius 2 is 1.91 bits per heavy atom. The minimum absolute atomic E-state index is 0.0931. The third-order valence-corrected chi connectivity index (χ3v) is 1.76. The van der Waals surface area contributed by atoms with Gasteiger partial charge in [0, 0.05) is 7.11 Å². The van der Waals surface area contributed by atoms with Crippen molar-refractivity contribution in [3.8, 4) is 0 Å². The summed E-state index contributed by atoms with van der Waals surface area (Å²) in [5, 5.41) is 27.1. The van der Waals surface area contributed by atoms with Crippen LogP contribution in [0.1, 0.15) is 0 Å². The molecule has 1 heterocycles. The summed E-state index contributed by atoms with van der Waals surface area (Å²) in [6.07, 6.45) is -4.23. The first-order chi connectivity index (χ1) is 5.16. The highest BCUT2D eigenvalue weighted by atomic mass is 16.6. The Morgan fingerprint density at radius 3 is 2.45 bits per heavy atom. The van der Waals surface area contributed by atoms with Crippen molar-refractivity contribution in [3.63, 3.8) is 0 Å². The fourth-order valence-electron chi connectivity index (χ4n) is 0.987. The van der Waals surface area contributed by atoms with Crippen LogP contribution < -0.4 is 0 Å².